The standard InChI is InChI=1S/C20H22N4O/c1-15-7-6-8-16(13-15)19-22-20(25-23-19)18-10-3-5-12-24(18)14-17-9-2-4-11-21-17/h2,4,6-9,11,13,18H,3,5,10,12,14H2,1H3. The maximum Gasteiger partial charge on any atom is 0.244 e. The van der Waals surface area contributed by atoms with Crippen LogP contribution in [0.1, 0.15) is 42.5 Å². The van der Waals surface area contributed by atoms with Crippen molar-refractivity contribution in [1.82, 2.24) is 20.0 Å². The van der Waals surface area contributed by atoms with Crippen LogP contribution in [0.25, 0.3) is 11.4 Å². The number of aryl methyl sites for hydroxylation is 1. The number of rotatable bonds is 4. The van der Waals surface area contributed by atoms with Gasteiger partial charge in [0, 0.05) is 18.3 Å². The van der Waals surface area contributed by atoms with Gasteiger partial charge in [-0.1, -0.05) is 41.4 Å². The molecule has 128 valence electrons. The van der Waals surface area contributed by atoms with Crippen LogP contribution in [0.2, 0.25) is 0 Å². The second-order valence-electron chi connectivity index (χ2n) is 6.63. The second kappa shape index (κ2) is 7.15. The summed E-state index contributed by atoms with van der Waals surface area (Å²) in [4.78, 5) is 11.6. The molecule has 0 bridgehead atoms. The SMILES string of the molecule is Cc1cccc(-c2noc(C3CCCCN3Cc3ccccn3)n2)c1. The van der Waals surface area contributed by atoms with Crippen molar-refractivity contribution >= 4 is 0 Å². The van der Waals surface area contributed by atoms with E-state index in [1.54, 1.807) is 0 Å². The van der Waals surface area contributed by atoms with Crippen molar-refractivity contribution < 1.29 is 4.52 Å². The Kier molecular flexibility index (Phi) is 4.57. The lowest BCUT2D eigenvalue weighted by Gasteiger charge is -2.32. The van der Waals surface area contributed by atoms with Crippen LogP contribution in [0, 0.1) is 6.92 Å². The van der Waals surface area contributed by atoms with Crippen LogP contribution in [0.5, 0.6) is 0 Å². The number of nitrogens with zero attached hydrogens (tertiary/aromatic N) is 4. The zero-order chi connectivity index (χ0) is 17.1. The van der Waals surface area contributed by atoms with Gasteiger partial charge in [0.05, 0.1) is 11.7 Å². The Morgan fingerprint density at radius 1 is 1.16 bits per heavy atom. The lowest BCUT2D eigenvalue weighted by atomic mass is 10.0. The van der Waals surface area contributed by atoms with E-state index in [0.717, 1.165) is 30.8 Å². The number of hydrogen-bond donors (Lipinski definition) is 0. The number of piperidine rings is 1. The minimum absolute atomic E-state index is 0.168. The van der Waals surface area contributed by atoms with Crippen LogP contribution in [0.4, 0.5) is 0 Å². The summed E-state index contributed by atoms with van der Waals surface area (Å²) in [6, 6.07) is 14.4. The number of hydrogen-bond acceptors (Lipinski definition) is 5. The van der Waals surface area contributed by atoms with E-state index in [1.165, 1.54) is 18.4 Å². The third kappa shape index (κ3) is 3.61. The average Bonchev–Trinajstić information content (AvgIpc) is 3.13. The van der Waals surface area contributed by atoms with Crippen LogP contribution in [0.15, 0.2) is 53.2 Å². The van der Waals surface area contributed by atoms with Crippen LogP contribution in [0.3, 0.4) is 0 Å². The summed E-state index contributed by atoms with van der Waals surface area (Å²) >= 11 is 0. The van der Waals surface area contributed by atoms with Crippen molar-refractivity contribution in [2.75, 3.05) is 6.54 Å². The molecule has 0 N–H and O–H groups in total. The molecule has 1 fully saturated rings. The zero-order valence-electron chi connectivity index (χ0n) is 14.4. The lowest BCUT2D eigenvalue weighted by molar-refractivity contribution is 0.110. The largest absolute Gasteiger partial charge is 0.337 e. The second-order valence-corrected chi connectivity index (χ2v) is 6.63. The highest BCUT2D eigenvalue weighted by molar-refractivity contribution is 5.55. The molecule has 0 radical (unpaired) electrons. The molecule has 1 saturated heterocycles. The molecule has 0 saturated carbocycles. The molecule has 0 amide bonds. The first-order chi connectivity index (χ1) is 12.3. The molecule has 25 heavy (non-hydrogen) atoms. The maximum atomic E-state index is 5.64. The molecule has 1 atom stereocenters. The minimum Gasteiger partial charge on any atom is -0.337 e. The van der Waals surface area contributed by atoms with Gasteiger partial charge in [-0.05, 0) is 44.5 Å². The molecule has 1 aliphatic heterocycles. The van der Waals surface area contributed by atoms with Crippen molar-refractivity contribution in [2.24, 2.45) is 0 Å². The van der Waals surface area contributed by atoms with Crippen LogP contribution in [-0.4, -0.2) is 26.6 Å². The highest BCUT2D eigenvalue weighted by Gasteiger charge is 2.29. The highest BCUT2D eigenvalue weighted by Crippen LogP contribution is 2.32. The van der Waals surface area contributed by atoms with Gasteiger partial charge in [-0.15, -0.1) is 0 Å². The molecule has 2 aromatic heterocycles. The van der Waals surface area contributed by atoms with Gasteiger partial charge in [-0.3, -0.25) is 9.88 Å². The minimum atomic E-state index is 0.168. The normalized spacial score (nSPS) is 18.4. The van der Waals surface area contributed by atoms with Crippen LogP contribution >= 0.6 is 0 Å². The van der Waals surface area contributed by atoms with Crippen LogP contribution < -0.4 is 0 Å². The molecule has 3 aromatic rings. The molecule has 1 aromatic carbocycles. The maximum absolute atomic E-state index is 5.64. The Labute approximate surface area is 147 Å². The Morgan fingerprint density at radius 2 is 2.12 bits per heavy atom. The summed E-state index contributed by atoms with van der Waals surface area (Å²) in [5.74, 6) is 1.38. The molecule has 5 nitrogen and oxygen atoms in total. The van der Waals surface area contributed by atoms with Crippen molar-refractivity contribution in [3.05, 3.63) is 65.8 Å². The van der Waals surface area contributed by atoms with Gasteiger partial charge in [0.1, 0.15) is 0 Å². The molecule has 0 spiro atoms. The molecular formula is C20H22N4O. The van der Waals surface area contributed by atoms with Crippen molar-refractivity contribution in [3.8, 4) is 11.4 Å². The molecule has 0 aliphatic carbocycles. The number of aromatic nitrogens is 3. The molecule has 1 aliphatic rings. The topological polar surface area (TPSA) is 55.1 Å². The fraction of sp³-hybridized carbons (Fsp3) is 0.350. The lowest BCUT2D eigenvalue weighted by Crippen LogP contribution is -2.33. The van der Waals surface area contributed by atoms with E-state index in [2.05, 4.69) is 40.2 Å². The van der Waals surface area contributed by atoms with E-state index >= 15 is 0 Å². The molecular weight excluding hydrogens is 312 g/mol. The van der Waals surface area contributed by atoms with E-state index < -0.39 is 0 Å². The first-order valence-corrected chi connectivity index (χ1v) is 8.84. The average molecular weight is 334 g/mol. The monoisotopic (exact) mass is 334 g/mol. The predicted octanol–water partition coefficient (Wildman–Crippen LogP) is 4.17. The van der Waals surface area contributed by atoms with Crippen molar-refractivity contribution in [3.63, 3.8) is 0 Å². The van der Waals surface area contributed by atoms with Gasteiger partial charge >= 0.3 is 0 Å². The van der Waals surface area contributed by atoms with Gasteiger partial charge in [0.2, 0.25) is 11.7 Å². The number of benzene rings is 1. The van der Waals surface area contributed by atoms with Crippen LogP contribution in [-0.2, 0) is 6.54 Å². The van der Waals surface area contributed by atoms with Gasteiger partial charge in [0.25, 0.3) is 0 Å². The molecule has 4 rings (SSSR count). The first-order valence-electron chi connectivity index (χ1n) is 8.84. The Bertz CT molecular complexity index is 830. The van der Waals surface area contributed by atoms with Crippen molar-refractivity contribution in [1.29, 1.82) is 0 Å². The van der Waals surface area contributed by atoms with Gasteiger partial charge in [-0.25, -0.2) is 0 Å². The molecule has 1 unspecified atom stereocenters. The molecule has 3 heterocycles. The van der Waals surface area contributed by atoms with Gasteiger partial charge in [-0.2, -0.15) is 4.98 Å². The third-order valence-corrected chi connectivity index (χ3v) is 4.71. The van der Waals surface area contributed by atoms with E-state index in [9.17, 15) is 0 Å². The predicted molar refractivity (Wildman–Crippen MR) is 95.7 cm³/mol. The Morgan fingerprint density at radius 3 is 2.96 bits per heavy atom. The zero-order valence-corrected chi connectivity index (χ0v) is 14.4. The quantitative estimate of drug-likeness (QED) is 0.717. The summed E-state index contributed by atoms with van der Waals surface area (Å²) < 4.78 is 5.64. The Balaban J connectivity index is 1.57. The van der Waals surface area contributed by atoms with Gasteiger partial charge < -0.3 is 4.52 Å². The summed E-state index contributed by atoms with van der Waals surface area (Å²) in [6.45, 7) is 3.91. The summed E-state index contributed by atoms with van der Waals surface area (Å²) in [5, 5.41) is 4.22. The highest BCUT2D eigenvalue weighted by atomic mass is 16.5. The van der Waals surface area contributed by atoms with E-state index in [-0.39, 0.29) is 6.04 Å². The number of likely N-dealkylation sites (tertiary alicyclic amines) is 1. The fourth-order valence-electron chi connectivity index (χ4n) is 3.43. The fourth-order valence-corrected chi connectivity index (χ4v) is 3.43. The third-order valence-electron chi connectivity index (χ3n) is 4.71. The summed E-state index contributed by atoms with van der Waals surface area (Å²) in [6.07, 6.45) is 5.27. The van der Waals surface area contributed by atoms with E-state index in [4.69, 9.17) is 9.51 Å². The smallest absolute Gasteiger partial charge is 0.244 e. The first kappa shape index (κ1) is 16.0. The summed E-state index contributed by atoms with van der Waals surface area (Å²) in [7, 11) is 0. The molecule has 5 heteroatoms. The van der Waals surface area contributed by atoms with E-state index in [0.29, 0.717) is 11.7 Å². The summed E-state index contributed by atoms with van der Waals surface area (Å²) in [5.41, 5.74) is 3.27. The van der Waals surface area contributed by atoms with E-state index in [1.807, 2.05) is 30.5 Å². The Hall–Kier alpha value is -2.53. The van der Waals surface area contributed by atoms with Crippen molar-refractivity contribution in [2.45, 2.75) is 38.8 Å². The number of pyridine rings is 1. The van der Waals surface area contributed by atoms with Gasteiger partial charge in [0.15, 0.2) is 0 Å².